The molecule has 6 nitrogen and oxygen atoms in total. The van der Waals surface area contributed by atoms with Gasteiger partial charge >= 0.3 is 0 Å². The summed E-state index contributed by atoms with van der Waals surface area (Å²) in [4.78, 5) is 33.5. The third kappa shape index (κ3) is 3.98. The summed E-state index contributed by atoms with van der Waals surface area (Å²) in [7, 11) is 0. The minimum atomic E-state index is -0.487. The maximum Gasteiger partial charge on any atom is 0.259 e. The Hall–Kier alpha value is -2.80. The summed E-state index contributed by atoms with van der Waals surface area (Å²) in [6.07, 6.45) is 3.37. The van der Waals surface area contributed by atoms with E-state index < -0.39 is 5.82 Å². The highest BCUT2D eigenvalue weighted by Crippen LogP contribution is 2.37. The Bertz CT molecular complexity index is 850. The van der Waals surface area contributed by atoms with Gasteiger partial charge in [-0.2, -0.15) is 0 Å². The van der Waals surface area contributed by atoms with Crippen LogP contribution >= 0.6 is 0 Å². The maximum absolute atomic E-state index is 14.0. The summed E-state index contributed by atoms with van der Waals surface area (Å²) in [5.41, 5.74) is 0.948. The zero-order chi connectivity index (χ0) is 19.4. The quantitative estimate of drug-likeness (QED) is 0.844. The first-order valence-electron chi connectivity index (χ1n) is 9.16. The van der Waals surface area contributed by atoms with E-state index in [0.717, 1.165) is 25.9 Å². The van der Waals surface area contributed by atoms with Crippen LogP contribution in [0.25, 0.3) is 0 Å². The van der Waals surface area contributed by atoms with Crippen molar-refractivity contribution >= 4 is 29.0 Å². The average Bonchev–Trinajstić information content (AvgIpc) is 2.76. The third-order valence-corrected chi connectivity index (χ3v) is 4.38. The first-order chi connectivity index (χ1) is 13.0. The summed E-state index contributed by atoms with van der Waals surface area (Å²) in [5.74, 6) is -0.892. The van der Waals surface area contributed by atoms with Crippen LogP contribution in [0.1, 0.15) is 37.0 Å². The Labute approximate surface area is 158 Å². The number of benzene rings is 1. The van der Waals surface area contributed by atoms with Gasteiger partial charge < -0.3 is 5.32 Å². The molecule has 1 aliphatic rings. The number of carbonyl (C=O) groups is 2. The Balaban J connectivity index is 2.07. The number of rotatable bonds is 6. The molecule has 0 radical (unpaired) electrons. The van der Waals surface area contributed by atoms with Crippen molar-refractivity contribution in [1.82, 2.24) is 9.88 Å². The minimum absolute atomic E-state index is 0.168. The second-order valence-corrected chi connectivity index (χ2v) is 6.50. The van der Waals surface area contributed by atoms with Gasteiger partial charge in [-0.3, -0.25) is 19.4 Å². The number of hydrogen-bond donors (Lipinski definition) is 1. The first-order valence-corrected chi connectivity index (χ1v) is 9.16. The monoisotopic (exact) mass is 370 g/mol. The molecule has 2 heterocycles. The molecule has 0 fully saturated rings. The fraction of sp³-hybridized carbons (Fsp3) is 0.350. The molecule has 2 amide bonds. The molecule has 0 bridgehead atoms. The molecular weight excluding hydrogens is 347 g/mol. The van der Waals surface area contributed by atoms with Crippen LogP contribution in [0.5, 0.6) is 0 Å². The highest BCUT2D eigenvalue weighted by molar-refractivity contribution is 6.17. The Morgan fingerprint density at radius 3 is 2.67 bits per heavy atom. The Kier molecular flexibility index (Phi) is 5.81. The zero-order valence-corrected chi connectivity index (χ0v) is 15.5. The lowest BCUT2D eigenvalue weighted by Gasteiger charge is -2.27. The zero-order valence-electron chi connectivity index (χ0n) is 15.5. The fourth-order valence-corrected chi connectivity index (χ4v) is 3.27. The van der Waals surface area contributed by atoms with Gasteiger partial charge in [-0.05, 0) is 50.2 Å². The molecule has 7 heteroatoms. The van der Waals surface area contributed by atoms with Crippen LogP contribution in [0.15, 0.2) is 36.5 Å². The number of amides is 2. The van der Waals surface area contributed by atoms with Crippen molar-refractivity contribution < 1.29 is 14.0 Å². The topological polar surface area (TPSA) is 65.5 Å². The third-order valence-electron chi connectivity index (χ3n) is 4.38. The highest BCUT2D eigenvalue weighted by atomic mass is 19.1. The lowest BCUT2D eigenvalue weighted by atomic mass is 10.2. The van der Waals surface area contributed by atoms with Crippen LogP contribution in [0.2, 0.25) is 0 Å². The standard InChI is InChI=1S/C20H23FN4O2/c1-3-10-24(11-4-2)13-18(26)25-17-12-14(21)7-8-16(17)23-20(27)15-6-5-9-22-19(15)25/h5-9,12H,3-4,10-11,13H2,1-2H3,(H,23,27). The van der Waals surface area contributed by atoms with Gasteiger partial charge in [-0.15, -0.1) is 0 Å². The summed E-state index contributed by atoms with van der Waals surface area (Å²) >= 11 is 0. The van der Waals surface area contributed by atoms with Crippen LogP contribution < -0.4 is 10.2 Å². The highest BCUT2D eigenvalue weighted by Gasteiger charge is 2.31. The van der Waals surface area contributed by atoms with Gasteiger partial charge in [0, 0.05) is 12.3 Å². The van der Waals surface area contributed by atoms with Crippen molar-refractivity contribution in [2.24, 2.45) is 0 Å². The predicted octanol–water partition coefficient (Wildman–Crippen LogP) is 3.57. The SMILES string of the molecule is CCCN(CCC)CC(=O)N1c2cc(F)ccc2NC(=O)c2cccnc21. The molecule has 1 aliphatic heterocycles. The van der Waals surface area contributed by atoms with E-state index in [4.69, 9.17) is 0 Å². The van der Waals surface area contributed by atoms with Crippen molar-refractivity contribution in [3.05, 3.63) is 47.9 Å². The number of carbonyl (C=O) groups excluding carboxylic acids is 2. The molecular formula is C20H23FN4O2. The molecule has 1 aromatic heterocycles. The van der Waals surface area contributed by atoms with E-state index in [1.54, 1.807) is 12.1 Å². The van der Waals surface area contributed by atoms with E-state index in [0.29, 0.717) is 11.4 Å². The maximum atomic E-state index is 14.0. The summed E-state index contributed by atoms with van der Waals surface area (Å²) < 4.78 is 14.0. The van der Waals surface area contributed by atoms with Crippen LogP contribution in [-0.2, 0) is 4.79 Å². The van der Waals surface area contributed by atoms with Gasteiger partial charge in [0.2, 0.25) is 5.91 Å². The van der Waals surface area contributed by atoms with E-state index in [-0.39, 0.29) is 29.7 Å². The van der Waals surface area contributed by atoms with Crippen LogP contribution in [0.4, 0.5) is 21.6 Å². The predicted molar refractivity (Wildman–Crippen MR) is 103 cm³/mol. The summed E-state index contributed by atoms with van der Waals surface area (Å²) in [5, 5.41) is 2.74. The molecule has 0 saturated heterocycles. The smallest absolute Gasteiger partial charge is 0.259 e. The van der Waals surface area contributed by atoms with E-state index >= 15 is 0 Å². The van der Waals surface area contributed by atoms with Crippen molar-refractivity contribution in [3.63, 3.8) is 0 Å². The minimum Gasteiger partial charge on any atom is -0.320 e. The van der Waals surface area contributed by atoms with Gasteiger partial charge in [0.25, 0.3) is 5.91 Å². The van der Waals surface area contributed by atoms with Crippen molar-refractivity contribution in [1.29, 1.82) is 0 Å². The fourth-order valence-electron chi connectivity index (χ4n) is 3.27. The molecule has 1 aromatic carbocycles. The van der Waals surface area contributed by atoms with Crippen molar-refractivity contribution in [3.8, 4) is 0 Å². The molecule has 0 saturated carbocycles. The number of nitrogens with zero attached hydrogens (tertiary/aromatic N) is 3. The second kappa shape index (κ2) is 8.26. The number of halogens is 1. The largest absolute Gasteiger partial charge is 0.320 e. The number of anilines is 3. The number of hydrogen-bond acceptors (Lipinski definition) is 4. The lowest BCUT2D eigenvalue weighted by Crippen LogP contribution is -2.39. The van der Waals surface area contributed by atoms with Gasteiger partial charge in [-0.25, -0.2) is 9.37 Å². The molecule has 0 unspecified atom stereocenters. The molecule has 27 heavy (non-hydrogen) atoms. The van der Waals surface area contributed by atoms with E-state index in [2.05, 4.69) is 29.0 Å². The van der Waals surface area contributed by atoms with Gasteiger partial charge in [0.1, 0.15) is 5.82 Å². The lowest BCUT2D eigenvalue weighted by molar-refractivity contribution is -0.119. The van der Waals surface area contributed by atoms with Crippen LogP contribution in [0, 0.1) is 5.82 Å². The first kappa shape index (κ1) is 19.0. The second-order valence-electron chi connectivity index (χ2n) is 6.50. The molecule has 0 aliphatic carbocycles. The van der Waals surface area contributed by atoms with E-state index in [1.165, 1.54) is 29.3 Å². The van der Waals surface area contributed by atoms with Crippen molar-refractivity contribution in [2.45, 2.75) is 26.7 Å². The normalized spacial score (nSPS) is 13.0. The molecule has 2 aromatic rings. The summed E-state index contributed by atoms with van der Waals surface area (Å²) in [6, 6.07) is 7.21. The van der Waals surface area contributed by atoms with E-state index in [1.807, 2.05) is 0 Å². The summed E-state index contributed by atoms with van der Waals surface area (Å²) in [6.45, 7) is 5.86. The molecule has 0 spiro atoms. The van der Waals surface area contributed by atoms with E-state index in [9.17, 15) is 14.0 Å². The molecule has 3 rings (SSSR count). The van der Waals surface area contributed by atoms with Crippen molar-refractivity contribution in [2.75, 3.05) is 29.9 Å². The molecule has 142 valence electrons. The molecule has 1 N–H and O–H groups in total. The van der Waals surface area contributed by atoms with Gasteiger partial charge in [0.15, 0.2) is 5.82 Å². The number of nitrogens with one attached hydrogen (secondary N) is 1. The van der Waals surface area contributed by atoms with Gasteiger partial charge in [-0.1, -0.05) is 13.8 Å². The average molecular weight is 370 g/mol. The number of aromatic nitrogens is 1. The van der Waals surface area contributed by atoms with Gasteiger partial charge in [0.05, 0.1) is 23.5 Å². The van der Waals surface area contributed by atoms with Crippen LogP contribution in [0.3, 0.4) is 0 Å². The van der Waals surface area contributed by atoms with Crippen LogP contribution in [-0.4, -0.2) is 41.3 Å². The number of fused-ring (bicyclic) bond motifs is 2. The Morgan fingerprint density at radius 2 is 1.96 bits per heavy atom. The number of pyridine rings is 1. The molecule has 0 atom stereocenters. The Morgan fingerprint density at radius 1 is 1.22 bits per heavy atom.